The van der Waals surface area contributed by atoms with Gasteiger partial charge in [-0.05, 0) is 43.9 Å². The number of hydrazone groups is 1. The zero-order valence-electron chi connectivity index (χ0n) is 12.3. The summed E-state index contributed by atoms with van der Waals surface area (Å²) in [5, 5.41) is 9.59. The van der Waals surface area contributed by atoms with Gasteiger partial charge in [-0.1, -0.05) is 42.5 Å². The van der Waals surface area contributed by atoms with Crippen molar-refractivity contribution in [3.63, 3.8) is 0 Å². The van der Waals surface area contributed by atoms with E-state index in [4.69, 9.17) is 5.10 Å². The van der Waals surface area contributed by atoms with E-state index in [0.717, 1.165) is 0 Å². The first-order valence-electron chi connectivity index (χ1n) is 7.56. The number of nitrogens with zero attached hydrogens (tertiary/aromatic N) is 2. The van der Waals surface area contributed by atoms with Crippen molar-refractivity contribution in [3.8, 4) is 0 Å². The molecule has 1 saturated heterocycles. The van der Waals surface area contributed by atoms with Gasteiger partial charge in [-0.3, -0.25) is 5.01 Å². The normalized spacial score (nSPS) is 23.6. The molecule has 1 aliphatic heterocycles. The topological polar surface area (TPSA) is 15.6 Å². The van der Waals surface area contributed by atoms with Crippen molar-refractivity contribution in [2.45, 2.75) is 45.2 Å². The molecular weight excluding hydrogens is 244 g/mol. The molecule has 2 aromatic carbocycles. The Morgan fingerprint density at radius 1 is 1.00 bits per heavy atom. The molecule has 0 aromatic heterocycles. The van der Waals surface area contributed by atoms with E-state index in [9.17, 15) is 0 Å². The molecule has 0 N–H and O–H groups in total. The van der Waals surface area contributed by atoms with Crippen LogP contribution in [0.2, 0.25) is 0 Å². The van der Waals surface area contributed by atoms with Crippen molar-refractivity contribution in [2.75, 3.05) is 0 Å². The van der Waals surface area contributed by atoms with Gasteiger partial charge in [0.25, 0.3) is 0 Å². The van der Waals surface area contributed by atoms with Crippen LogP contribution >= 0.6 is 0 Å². The molecule has 0 spiro atoms. The van der Waals surface area contributed by atoms with Crippen LogP contribution in [-0.4, -0.2) is 23.3 Å². The van der Waals surface area contributed by atoms with Crippen molar-refractivity contribution < 1.29 is 0 Å². The van der Waals surface area contributed by atoms with E-state index in [1.54, 1.807) is 0 Å². The summed E-state index contributed by atoms with van der Waals surface area (Å²) in [5.74, 6) is 0. The monoisotopic (exact) mass is 266 g/mol. The maximum Gasteiger partial charge on any atom is 0.0549 e. The Balaban J connectivity index is 1.90. The average molecular weight is 266 g/mol. The second-order valence-electron chi connectivity index (χ2n) is 5.82. The second kappa shape index (κ2) is 5.66. The summed E-state index contributed by atoms with van der Waals surface area (Å²) in [4.78, 5) is 0. The lowest BCUT2D eigenvalue weighted by Gasteiger charge is -2.36. The van der Waals surface area contributed by atoms with Gasteiger partial charge in [-0.25, -0.2) is 0 Å². The summed E-state index contributed by atoms with van der Waals surface area (Å²) in [7, 11) is 0. The van der Waals surface area contributed by atoms with Gasteiger partial charge in [0, 0.05) is 17.6 Å². The largest absolute Gasteiger partial charge is 0.292 e. The first-order chi connectivity index (χ1) is 9.75. The number of benzene rings is 2. The molecule has 0 radical (unpaired) electrons. The van der Waals surface area contributed by atoms with Crippen LogP contribution in [0.3, 0.4) is 0 Å². The first-order valence-corrected chi connectivity index (χ1v) is 7.56. The molecule has 1 heterocycles. The Hall–Kier alpha value is -1.83. The lowest BCUT2D eigenvalue weighted by Crippen LogP contribution is -2.39. The minimum absolute atomic E-state index is 0.546. The zero-order chi connectivity index (χ0) is 13.9. The van der Waals surface area contributed by atoms with Crippen LogP contribution in [0.25, 0.3) is 10.8 Å². The highest BCUT2D eigenvalue weighted by molar-refractivity contribution is 5.99. The summed E-state index contributed by atoms with van der Waals surface area (Å²) >= 11 is 0. The third-order valence-corrected chi connectivity index (χ3v) is 4.30. The standard InChI is InChI=1S/C18H22N2/c1-14-7-5-8-15(2)20(14)19-13-17-11-6-10-16-9-3-4-12-18(16)17/h3-4,6,9-15H,5,7-8H2,1-2H3/b19-13-/t14-,15+. The Morgan fingerprint density at radius 3 is 2.50 bits per heavy atom. The third kappa shape index (κ3) is 2.55. The first kappa shape index (κ1) is 13.2. The highest BCUT2D eigenvalue weighted by Gasteiger charge is 2.22. The maximum absolute atomic E-state index is 4.77. The van der Waals surface area contributed by atoms with Gasteiger partial charge < -0.3 is 0 Å². The summed E-state index contributed by atoms with van der Waals surface area (Å²) in [6.45, 7) is 4.55. The molecule has 2 atom stereocenters. The van der Waals surface area contributed by atoms with Crippen LogP contribution in [-0.2, 0) is 0 Å². The molecule has 0 aliphatic carbocycles. The molecule has 0 amide bonds. The molecule has 1 fully saturated rings. The van der Waals surface area contributed by atoms with Gasteiger partial charge >= 0.3 is 0 Å². The molecule has 2 heteroatoms. The SMILES string of the molecule is C[C@@H]1CCC[C@H](C)N1/N=C\c1cccc2ccccc12. The summed E-state index contributed by atoms with van der Waals surface area (Å²) < 4.78 is 0. The van der Waals surface area contributed by atoms with E-state index in [1.165, 1.54) is 35.6 Å². The van der Waals surface area contributed by atoms with E-state index in [0.29, 0.717) is 12.1 Å². The fraction of sp³-hybridized carbons (Fsp3) is 0.389. The fourth-order valence-electron chi connectivity index (χ4n) is 3.13. The predicted molar refractivity (Wildman–Crippen MR) is 86.2 cm³/mol. The summed E-state index contributed by atoms with van der Waals surface area (Å²) in [6.07, 6.45) is 5.84. The number of hydrogen-bond donors (Lipinski definition) is 0. The smallest absolute Gasteiger partial charge is 0.0549 e. The highest BCUT2D eigenvalue weighted by atomic mass is 15.5. The van der Waals surface area contributed by atoms with Gasteiger partial charge in [0.15, 0.2) is 0 Å². The molecule has 0 unspecified atom stereocenters. The van der Waals surface area contributed by atoms with Gasteiger partial charge in [0.2, 0.25) is 0 Å². The zero-order valence-corrected chi connectivity index (χ0v) is 12.3. The molecule has 0 saturated carbocycles. The van der Waals surface area contributed by atoms with Gasteiger partial charge in [0.1, 0.15) is 0 Å². The number of fused-ring (bicyclic) bond motifs is 1. The van der Waals surface area contributed by atoms with Crippen molar-refractivity contribution in [2.24, 2.45) is 5.10 Å². The average Bonchev–Trinajstić information content (AvgIpc) is 2.47. The van der Waals surface area contributed by atoms with E-state index in [2.05, 4.69) is 61.3 Å². The quantitative estimate of drug-likeness (QED) is 0.734. The molecule has 2 aromatic rings. The van der Waals surface area contributed by atoms with Crippen LogP contribution in [0.15, 0.2) is 47.6 Å². The summed E-state index contributed by atoms with van der Waals surface area (Å²) in [6, 6.07) is 16.0. The number of hydrogen-bond acceptors (Lipinski definition) is 2. The van der Waals surface area contributed by atoms with Crippen molar-refractivity contribution in [1.82, 2.24) is 5.01 Å². The fourth-order valence-corrected chi connectivity index (χ4v) is 3.13. The Labute approximate surface area is 121 Å². The van der Waals surface area contributed by atoms with Gasteiger partial charge in [0.05, 0.1) is 6.21 Å². The molecule has 0 bridgehead atoms. The second-order valence-corrected chi connectivity index (χ2v) is 5.82. The predicted octanol–water partition coefficient (Wildman–Crippen LogP) is 4.44. The highest BCUT2D eigenvalue weighted by Crippen LogP contribution is 2.23. The molecule has 3 rings (SSSR count). The Morgan fingerprint density at radius 2 is 1.70 bits per heavy atom. The van der Waals surface area contributed by atoms with E-state index in [-0.39, 0.29) is 0 Å². The molecule has 1 aliphatic rings. The Kier molecular flexibility index (Phi) is 3.72. The van der Waals surface area contributed by atoms with Gasteiger partial charge in [-0.15, -0.1) is 0 Å². The van der Waals surface area contributed by atoms with Crippen LogP contribution in [0.1, 0.15) is 38.7 Å². The Bertz CT molecular complexity index is 602. The van der Waals surface area contributed by atoms with Crippen LogP contribution in [0.4, 0.5) is 0 Å². The van der Waals surface area contributed by atoms with Crippen LogP contribution in [0.5, 0.6) is 0 Å². The maximum atomic E-state index is 4.77. The minimum atomic E-state index is 0.546. The number of piperidine rings is 1. The van der Waals surface area contributed by atoms with Crippen molar-refractivity contribution in [3.05, 3.63) is 48.0 Å². The van der Waals surface area contributed by atoms with Gasteiger partial charge in [-0.2, -0.15) is 5.10 Å². The number of rotatable bonds is 2. The summed E-state index contributed by atoms with van der Waals surface area (Å²) in [5.41, 5.74) is 1.20. The van der Waals surface area contributed by atoms with Crippen molar-refractivity contribution in [1.29, 1.82) is 0 Å². The van der Waals surface area contributed by atoms with Crippen LogP contribution in [0, 0.1) is 0 Å². The molecular formula is C18H22N2. The lowest BCUT2D eigenvalue weighted by molar-refractivity contribution is 0.109. The van der Waals surface area contributed by atoms with E-state index in [1.807, 2.05) is 6.21 Å². The minimum Gasteiger partial charge on any atom is -0.292 e. The molecule has 20 heavy (non-hydrogen) atoms. The lowest BCUT2D eigenvalue weighted by atomic mass is 10.00. The molecule has 104 valence electrons. The van der Waals surface area contributed by atoms with Crippen LogP contribution < -0.4 is 0 Å². The molecule has 2 nitrogen and oxygen atoms in total. The van der Waals surface area contributed by atoms with E-state index < -0.39 is 0 Å². The van der Waals surface area contributed by atoms with E-state index >= 15 is 0 Å². The van der Waals surface area contributed by atoms with Crippen molar-refractivity contribution >= 4 is 17.0 Å². The third-order valence-electron chi connectivity index (χ3n) is 4.30.